The van der Waals surface area contributed by atoms with Crippen molar-refractivity contribution in [1.29, 1.82) is 0 Å². The Hall–Kier alpha value is -2.68. The van der Waals surface area contributed by atoms with Gasteiger partial charge in [-0.05, 0) is 43.3 Å². The van der Waals surface area contributed by atoms with Crippen LogP contribution in [0.1, 0.15) is 16.2 Å². The lowest BCUT2D eigenvalue weighted by Gasteiger charge is -2.33. The quantitative estimate of drug-likeness (QED) is 0.620. The highest BCUT2D eigenvalue weighted by Gasteiger charge is 2.31. The Morgan fingerprint density at radius 2 is 1.67 bits per heavy atom. The predicted octanol–water partition coefficient (Wildman–Crippen LogP) is 2.98. The summed E-state index contributed by atoms with van der Waals surface area (Å²) in [6, 6.07) is 17.6. The van der Waals surface area contributed by atoms with Crippen molar-refractivity contribution in [2.24, 2.45) is 0 Å². The first kappa shape index (κ1) is 20.6. The Morgan fingerprint density at radius 3 is 2.33 bits per heavy atom. The van der Waals surface area contributed by atoms with E-state index in [0.717, 1.165) is 11.4 Å². The second-order valence-electron chi connectivity index (χ2n) is 7.07. The SMILES string of the molecule is Cc1cc(C(=O)N2CCN(S(=O)(=O)c3cccc(Cl)c3)CC2)nn1-c1ccccc1. The molecule has 1 amide bonds. The van der Waals surface area contributed by atoms with Crippen LogP contribution in [-0.2, 0) is 10.0 Å². The lowest BCUT2D eigenvalue weighted by Crippen LogP contribution is -2.50. The number of halogens is 1. The van der Waals surface area contributed by atoms with Gasteiger partial charge in [-0.1, -0.05) is 35.9 Å². The van der Waals surface area contributed by atoms with Crippen LogP contribution in [-0.4, -0.2) is 59.5 Å². The average molecular weight is 445 g/mol. The minimum Gasteiger partial charge on any atom is -0.335 e. The van der Waals surface area contributed by atoms with Gasteiger partial charge in [0.1, 0.15) is 0 Å². The number of amides is 1. The molecule has 1 aromatic heterocycles. The van der Waals surface area contributed by atoms with Gasteiger partial charge >= 0.3 is 0 Å². The van der Waals surface area contributed by atoms with Crippen LogP contribution in [0.4, 0.5) is 0 Å². The molecule has 9 heteroatoms. The van der Waals surface area contributed by atoms with Gasteiger partial charge in [-0.25, -0.2) is 13.1 Å². The Morgan fingerprint density at radius 1 is 0.967 bits per heavy atom. The molecule has 2 heterocycles. The summed E-state index contributed by atoms with van der Waals surface area (Å²) in [5, 5.41) is 4.83. The minimum atomic E-state index is -3.65. The standard InChI is InChI=1S/C21H21ClN4O3S/c1-16-14-20(23-26(16)18-7-3-2-4-8-18)21(27)24-10-12-25(13-11-24)30(28,29)19-9-5-6-17(22)15-19/h2-9,14-15H,10-13H2,1H3. The largest absolute Gasteiger partial charge is 0.335 e. The van der Waals surface area contributed by atoms with Gasteiger partial charge in [0.25, 0.3) is 5.91 Å². The first-order chi connectivity index (χ1) is 14.4. The fourth-order valence-corrected chi connectivity index (χ4v) is 5.20. The van der Waals surface area contributed by atoms with Gasteiger partial charge < -0.3 is 4.90 Å². The summed E-state index contributed by atoms with van der Waals surface area (Å²) in [5.41, 5.74) is 2.08. The third-order valence-electron chi connectivity index (χ3n) is 5.07. The van der Waals surface area contributed by atoms with Crippen molar-refractivity contribution in [2.45, 2.75) is 11.8 Å². The average Bonchev–Trinajstić information content (AvgIpc) is 3.15. The van der Waals surface area contributed by atoms with E-state index in [1.54, 1.807) is 27.8 Å². The van der Waals surface area contributed by atoms with E-state index in [9.17, 15) is 13.2 Å². The van der Waals surface area contributed by atoms with Gasteiger partial charge in [-0.15, -0.1) is 0 Å². The number of hydrogen-bond donors (Lipinski definition) is 0. The van der Waals surface area contributed by atoms with E-state index < -0.39 is 10.0 Å². The summed E-state index contributed by atoms with van der Waals surface area (Å²) in [6.07, 6.45) is 0. The topological polar surface area (TPSA) is 75.5 Å². The number of carbonyl (C=O) groups is 1. The summed E-state index contributed by atoms with van der Waals surface area (Å²) in [7, 11) is -3.65. The molecule has 0 spiro atoms. The van der Waals surface area contributed by atoms with E-state index in [0.29, 0.717) is 23.8 Å². The Bertz CT molecular complexity index is 1170. The maximum atomic E-state index is 12.9. The molecule has 1 saturated heterocycles. The van der Waals surface area contributed by atoms with Crippen LogP contribution in [0.5, 0.6) is 0 Å². The molecule has 2 aromatic carbocycles. The molecular formula is C21H21ClN4O3S. The van der Waals surface area contributed by atoms with Crippen LogP contribution >= 0.6 is 11.6 Å². The van der Waals surface area contributed by atoms with E-state index in [4.69, 9.17) is 11.6 Å². The monoisotopic (exact) mass is 444 g/mol. The summed E-state index contributed by atoms with van der Waals surface area (Å²) in [6.45, 7) is 2.94. The molecule has 4 rings (SSSR count). The van der Waals surface area contributed by atoms with Crippen molar-refractivity contribution in [3.63, 3.8) is 0 Å². The van der Waals surface area contributed by atoms with Crippen LogP contribution in [0.3, 0.4) is 0 Å². The normalized spacial score (nSPS) is 15.3. The molecule has 0 bridgehead atoms. The zero-order chi connectivity index (χ0) is 21.3. The van der Waals surface area contributed by atoms with Crippen LogP contribution < -0.4 is 0 Å². The minimum absolute atomic E-state index is 0.159. The van der Waals surface area contributed by atoms with Crippen LogP contribution in [0.15, 0.2) is 65.6 Å². The van der Waals surface area contributed by atoms with E-state index >= 15 is 0 Å². The van der Waals surface area contributed by atoms with Gasteiger partial charge in [-0.2, -0.15) is 9.40 Å². The fraction of sp³-hybridized carbons (Fsp3) is 0.238. The molecule has 0 aliphatic carbocycles. The fourth-order valence-electron chi connectivity index (χ4n) is 3.48. The second kappa shape index (κ2) is 8.22. The smallest absolute Gasteiger partial charge is 0.274 e. The molecule has 0 radical (unpaired) electrons. The zero-order valence-electron chi connectivity index (χ0n) is 16.4. The maximum absolute atomic E-state index is 12.9. The van der Waals surface area contributed by atoms with Crippen molar-refractivity contribution < 1.29 is 13.2 Å². The molecule has 0 saturated carbocycles. The van der Waals surface area contributed by atoms with Crippen molar-refractivity contribution in [3.05, 3.63) is 77.1 Å². The van der Waals surface area contributed by atoms with Gasteiger partial charge in [0.15, 0.2) is 5.69 Å². The highest BCUT2D eigenvalue weighted by molar-refractivity contribution is 7.89. The van der Waals surface area contributed by atoms with Crippen molar-refractivity contribution >= 4 is 27.5 Å². The third kappa shape index (κ3) is 3.98. The van der Waals surface area contributed by atoms with Gasteiger partial charge in [0.05, 0.1) is 10.6 Å². The molecule has 156 valence electrons. The third-order valence-corrected chi connectivity index (χ3v) is 7.20. The summed E-state index contributed by atoms with van der Waals surface area (Å²) < 4.78 is 28.8. The summed E-state index contributed by atoms with van der Waals surface area (Å²) in [4.78, 5) is 14.7. The number of aromatic nitrogens is 2. The highest BCUT2D eigenvalue weighted by atomic mass is 35.5. The maximum Gasteiger partial charge on any atom is 0.274 e. The molecule has 0 unspecified atom stereocenters. The number of carbonyl (C=O) groups excluding carboxylic acids is 1. The molecule has 7 nitrogen and oxygen atoms in total. The Kier molecular flexibility index (Phi) is 5.64. The lowest BCUT2D eigenvalue weighted by atomic mass is 10.3. The molecule has 30 heavy (non-hydrogen) atoms. The number of aryl methyl sites for hydroxylation is 1. The number of para-hydroxylation sites is 1. The van der Waals surface area contributed by atoms with E-state index in [2.05, 4.69) is 5.10 Å². The van der Waals surface area contributed by atoms with Crippen molar-refractivity contribution in [2.75, 3.05) is 26.2 Å². The van der Waals surface area contributed by atoms with Crippen LogP contribution in [0.2, 0.25) is 5.02 Å². The summed E-state index contributed by atoms with van der Waals surface area (Å²) >= 11 is 5.94. The van der Waals surface area contributed by atoms with Gasteiger partial charge in [0.2, 0.25) is 10.0 Å². The molecule has 0 N–H and O–H groups in total. The van der Waals surface area contributed by atoms with Crippen molar-refractivity contribution in [3.8, 4) is 5.69 Å². The van der Waals surface area contributed by atoms with Gasteiger partial charge in [-0.3, -0.25) is 4.79 Å². The predicted molar refractivity (Wildman–Crippen MR) is 114 cm³/mol. The molecule has 0 atom stereocenters. The number of nitrogens with zero attached hydrogens (tertiary/aromatic N) is 4. The number of hydrogen-bond acceptors (Lipinski definition) is 4. The molecule has 1 fully saturated rings. The number of benzene rings is 2. The highest BCUT2D eigenvalue weighted by Crippen LogP contribution is 2.21. The lowest BCUT2D eigenvalue weighted by molar-refractivity contribution is 0.0691. The Labute approximate surface area is 180 Å². The van der Waals surface area contributed by atoms with Crippen LogP contribution in [0.25, 0.3) is 5.69 Å². The van der Waals surface area contributed by atoms with Gasteiger partial charge in [0, 0.05) is 36.9 Å². The molecule has 3 aromatic rings. The number of piperazine rings is 1. The number of rotatable bonds is 4. The molecule has 1 aliphatic rings. The van der Waals surface area contributed by atoms with E-state index in [1.807, 2.05) is 37.3 Å². The molecular weight excluding hydrogens is 424 g/mol. The zero-order valence-corrected chi connectivity index (χ0v) is 18.0. The first-order valence-electron chi connectivity index (χ1n) is 9.53. The Balaban J connectivity index is 1.46. The van der Waals surface area contributed by atoms with Crippen LogP contribution in [0, 0.1) is 6.92 Å². The van der Waals surface area contributed by atoms with E-state index in [1.165, 1.54) is 16.4 Å². The first-order valence-corrected chi connectivity index (χ1v) is 11.3. The second-order valence-corrected chi connectivity index (χ2v) is 9.45. The summed E-state index contributed by atoms with van der Waals surface area (Å²) in [5.74, 6) is -0.201. The number of sulfonamides is 1. The van der Waals surface area contributed by atoms with Crippen molar-refractivity contribution in [1.82, 2.24) is 19.0 Å². The molecule has 1 aliphatic heterocycles. The van der Waals surface area contributed by atoms with E-state index in [-0.39, 0.29) is 23.9 Å².